The van der Waals surface area contributed by atoms with E-state index in [2.05, 4.69) is 9.88 Å². The van der Waals surface area contributed by atoms with E-state index in [0.29, 0.717) is 17.8 Å². The van der Waals surface area contributed by atoms with Crippen molar-refractivity contribution >= 4 is 11.2 Å². The second kappa shape index (κ2) is 4.33. The molecule has 0 aliphatic carbocycles. The van der Waals surface area contributed by atoms with Crippen LogP contribution in [0.15, 0.2) is 27.5 Å². The molecule has 2 aromatic heterocycles. The van der Waals surface area contributed by atoms with Gasteiger partial charge in [-0.1, -0.05) is 0 Å². The minimum atomic E-state index is -0.308. The fraction of sp³-hybridized carbons (Fsp3) is 0.500. The third-order valence-corrected chi connectivity index (χ3v) is 3.26. The highest BCUT2D eigenvalue weighted by Crippen LogP contribution is 2.10. The molecule has 17 heavy (non-hydrogen) atoms. The molecule has 0 atom stereocenters. The molecule has 0 saturated carbocycles. The molecule has 1 aliphatic rings. The number of nitrogens with zero attached hydrogens (tertiary/aromatic N) is 3. The summed E-state index contributed by atoms with van der Waals surface area (Å²) < 4.78 is 6.76. The maximum atomic E-state index is 11.7. The summed E-state index contributed by atoms with van der Waals surface area (Å²) in [6.07, 6.45) is 4.21. The summed E-state index contributed by atoms with van der Waals surface area (Å²) in [7, 11) is 0. The Morgan fingerprint density at radius 2 is 2.12 bits per heavy atom. The molecule has 3 heterocycles. The SMILES string of the molecule is O=c1oc2cccnc2n1CCN1CCCC1. The maximum Gasteiger partial charge on any atom is 0.421 e. The quantitative estimate of drug-likeness (QED) is 0.796. The molecule has 3 rings (SSSR count). The molecule has 0 N–H and O–H groups in total. The van der Waals surface area contributed by atoms with E-state index in [0.717, 1.165) is 19.6 Å². The first-order chi connectivity index (χ1) is 8.34. The maximum absolute atomic E-state index is 11.7. The fourth-order valence-electron chi connectivity index (χ4n) is 2.35. The summed E-state index contributed by atoms with van der Waals surface area (Å²) in [5, 5.41) is 0. The third kappa shape index (κ3) is 1.98. The molecule has 0 radical (unpaired) electrons. The Morgan fingerprint density at radius 1 is 1.29 bits per heavy atom. The van der Waals surface area contributed by atoms with E-state index in [4.69, 9.17) is 4.42 Å². The third-order valence-electron chi connectivity index (χ3n) is 3.26. The zero-order valence-electron chi connectivity index (χ0n) is 9.63. The summed E-state index contributed by atoms with van der Waals surface area (Å²) in [6, 6.07) is 3.55. The predicted octanol–water partition coefficient (Wildman–Crippen LogP) is 1.09. The zero-order valence-corrected chi connectivity index (χ0v) is 9.63. The lowest BCUT2D eigenvalue weighted by atomic mass is 10.4. The van der Waals surface area contributed by atoms with Gasteiger partial charge < -0.3 is 9.32 Å². The van der Waals surface area contributed by atoms with Crippen LogP contribution in [0.2, 0.25) is 0 Å². The van der Waals surface area contributed by atoms with Gasteiger partial charge in [-0.05, 0) is 38.1 Å². The van der Waals surface area contributed by atoms with Gasteiger partial charge in [-0.15, -0.1) is 0 Å². The Kier molecular flexibility index (Phi) is 2.68. The van der Waals surface area contributed by atoms with Crippen molar-refractivity contribution in [1.29, 1.82) is 0 Å². The number of pyridine rings is 1. The Hall–Kier alpha value is -1.62. The van der Waals surface area contributed by atoms with E-state index >= 15 is 0 Å². The first-order valence-corrected chi connectivity index (χ1v) is 6.01. The topological polar surface area (TPSA) is 51.3 Å². The number of likely N-dealkylation sites (tertiary alicyclic amines) is 1. The molecule has 5 heteroatoms. The number of hydrogen-bond donors (Lipinski definition) is 0. The van der Waals surface area contributed by atoms with Crippen LogP contribution in [-0.2, 0) is 6.54 Å². The second-order valence-corrected chi connectivity index (χ2v) is 4.39. The molecule has 1 aliphatic heterocycles. The predicted molar refractivity (Wildman–Crippen MR) is 63.9 cm³/mol. The van der Waals surface area contributed by atoms with Crippen molar-refractivity contribution in [3.8, 4) is 0 Å². The highest BCUT2D eigenvalue weighted by atomic mass is 16.4. The standard InChI is InChI=1S/C12H15N3O2/c16-12-15(9-8-14-6-1-2-7-14)11-10(17-12)4-3-5-13-11/h3-5H,1-2,6-9H2. The second-order valence-electron chi connectivity index (χ2n) is 4.39. The van der Waals surface area contributed by atoms with Crippen molar-refractivity contribution in [3.05, 3.63) is 28.9 Å². The minimum absolute atomic E-state index is 0.308. The largest absolute Gasteiger partial charge is 0.421 e. The van der Waals surface area contributed by atoms with Crippen LogP contribution in [-0.4, -0.2) is 34.1 Å². The summed E-state index contributed by atoms with van der Waals surface area (Å²) in [4.78, 5) is 18.2. The minimum Gasteiger partial charge on any atom is -0.406 e. The van der Waals surface area contributed by atoms with Crippen molar-refractivity contribution in [3.63, 3.8) is 0 Å². The molecule has 0 aromatic carbocycles. The van der Waals surface area contributed by atoms with Crippen molar-refractivity contribution in [2.24, 2.45) is 0 Å². The highest BCUT2D eigenvalue weighted by molar-refractivity contribution is 5.67. The van der Waals surface area contributed by atoms with Gasteiger partial charge in [0.15, 0.2) is 11.2 Å². The summed E-state index contributed by atoms with van der Waals surface area (Å²) in [5.41, 5.74) is 1.22. The molecule has 0 spiro atoms. The van der Waals surface area contributed by atoms with Gasteiger partial charge in [0.05, 0.1) is 0 Å². The first-order valence-electron chi connectivity index (χ1n) is 6.01. The Labute approximate surface area is 98.7 Å². The van der Waals surface area contributed by atoms with Crippen molar-refractivity contribution in [1.82, 2.24) is 14.5 Å². The average Bonchev–Trinajstić information content (AvgIpc) is 2.93. The van der Waals surface area contributed by atoms with E-state index in [9.17, 15) is 4.79 Å². The van der Waals surface area contributed by atoms with Gasteiger partial charge in [0.2, 0.25) is 0 Å². The molecular formula is C12H15N3O2. The van der Waals surface area contributed by atoms with Gasteiger partial charge in [-0.2, -0.15) is 0 Å². The Balaban J connectivity index is 1.84. The van der Waals surface area contributed by atoms with Crippen LogP contribution < -0.4 is 5.76 Å². The van der Waals surface area contributed by atoms with Crippen molar-refractivity contribution < 1.29 is 4.42 Å². The highest BCUT2D eigenvalue weighted by Gasteiger charge is 2.14. The normalized spacial score (nSPS) is 16.9. The van der Waals surface area contributed by atoms with E-state index in [1.165, 1.54) is 12.8 Å². The Bertz CT molecular complexity index is 566. The van der Waals surface area contributed by atoms with Gasteiger partial charge in [0.25, 0.3) is 0 Å². The number of rotatable bonds is 3. The van der Waals surface area contributed by atoms with E-state index in [1.807, 2.05) is 0 Å². The van der Waals surface area contributed by atoms with Crippen molar-refractivity contribution in [2.45, 2.75) is 19.4 Å². The molecule has 5 nitrogen and oxygen atoms in total. The van der Waals surface area contributed by atoms with E-state index in [1.54, 1.807) is 22.9 Å². The lowest BCUT2D eigenvalue weighted by Gasteiger charge is -2.13. The molecule has 0 bridgehead atoms. The van der Waals surface area contributed by atoms with Gasteiger partial charge in [0, 0.05) is 19.3 Å². The summed E-state index contributed by atoms with van der Waals surface area (Å²) in [5.74, 6) is -0.308. The fourth-order valence-corrected chi connectivity index (χ4v) is 2.35. The summed E-state index contributed by atoms with van der Waals surface area (Å²) in [6.45, 7) is 3.82. The molecule has 0 unspecified atom stereocenters. The lowest BCUT2D eigenvalue weighted by molar-refractivity contribution is 0.318. The van der Waals surface area contributed by atoms with Gasteiger partial charge in [0.1, 0.15) is 0 Å². The van der Waals surface area contributed by atoms with Crippen LogP contribution in [0, 0.1) is 0 Å². The molecule has 90 valence electrons. The number of fused-ring (bicyclic) bond motifs is 1. The van der Waals surface area contributed by atoms with E-state index < -0.39 is 0 Å². The number of hydrogen-bond acceptors (Lipinski definition) is 4. The van der Waals surface area contributed by atoms with Gasteiger partial charge in [-0.25, -0.2) is 9.78 Å². The average molecular weight is 233 g/mol. The van der Waals surface area contributed by atoms with Crippen LogP contribution in [0.25, 0.3) is 11.2 Å². The monoisotopic (exact) mass is 233 g/mol. The van der Waals surface area contributed by atoms with Crippen molar-refractivity contribution in [2.75, 3.05) is 19.6 Å². The summed E-state index contributed by atoms with van der Waals surface area (Å²) >= 11 is 0. The van der Waals surface area contributed by atoms with Crippen LogP contribution >= 0.6 is 0 Å². The smallest absolute Gasteiger partial charge is 0.406 e. The van der Waals surface area contributed by atoms with Crippen LogP contribution in [0.3, 0.4) is 0 Å². The first kappa shape index (κ1) is 10.5. The molecule has 1 fully saturated rings. The van der Waals surface area contributed by atoms with Crippen LogP contribution in [0.4, 0.5) is 0 Å². The number of oxazole rings is 1. The number of aromatic nitrogens is 2. The molecular weight excluding hydrogens is 218 g/mol. The molecule has 2 aromatic rings. The lowest BCUT2D eigenvalue weighted by Crippen LogP contribution is -2.27. The van der Waals surface area contributed by atoms with Crippen LogP contribution in [0.5, 0.6) is 0 Å². The zero-order chi connectivity index (χ0) is 11.7. The van der Waals surface area contributed by atoms with E-state index in [-0.39, 0.29) is 5.76 Å². The van der Waals surface area contributed by atoms with Crippen LogP contribution in [0.1, 0.15) is 12.8 Å². The Morgan fingerprint density at radius 3 is 2.94 bits per heavy atom. The van der Waals surface area contributed by atoms with Gasteiger partial charge in [-0.3, -0.25) is 4.57 Å². The molecule has 1 saturated heterocycles. The van der Waals surface area contributed by atoms with Gasteiger partial charge >= 0.3 is 5.76 Å². The molecule has 0 amide bonds.